The highest BCUT2D eigenvalue weighted by Crippen LogP contribution is 2.50. The summed E-state index contributed by atoms with van der Waals surface area (Å²) in [6, 6.07) is 0.0559. The maximum Gasteiger partial charge on any atom is 0.408 e. The van der Waals surface area contributed by atoms with Gasteiger partial charge in [0.1, 0.15) is 30.1 Å². The van der Waals surface area contributed by atoms with Gasteiger partial charge in [-0.1, -0.05) is 52.5 Å². The molecule has 34 heavy (non-hydrogen) atoms. The van der Waals surface area contributed by atoms with E-state index >= 15 is 0 Å². The third-order valence-corrected chi connectivity index (χ3v) is 8.15. The molecule has 0 bridgehead atoms. The number of alkyl halides is 3. The minimum absolute atomic E-state index is 0.242. The van der Waals surface area contributed by atoms with Crippen molar-refractivity contribution in [3.63, 3.8) is 0 Å². The molecule has 15 heteroatoms. The molecule has 0 aromatic carbocycles. The van der Waals surface area contributed by atoms with Crippen LogP contribution < -0.4 is 10.6 Å². The van der Waals surface area contributed by atoms with Crippen LogP contribution >= 0.6 is 69.5 Å². The van der Waals surface area contributed by atoms with E-state index in [0.29, 0.717) is 4.88 Å². The third kappa shape index (κ3) is 5.71. The first kappa shape index (κ1) is 27.2. The average molecular weight is 591 g/mol. The van der Waals surface area contributed by atoms with Crippen LogP contribution in [0.5, 0.6) is 0 Å². The van der Waals surface area contributed by atoms with Crippen molar-refractivity contribution in [3.8, 4) is 0 Å². The number of fused-ring (bicyclic) bond motifs is 1. The van der Waals surface area contributed by atoms with E-state index in [-0.39, 0.29) is 5.57 Å². The van der Waals surface area contributed by atoms with Gasteiger partial charge in [-0.3, -0.25) is 9.59 Å². The van der Waals surface area contributed by atoms with Gasteiger partial charge in [-0.15, -0.1) is 23.1 Å². The van der Waals surface area contributed by atoms with Crippen LogP contribution in [-0.4, -0.2) is 72.5 Å². The lowest BCUT2D eigenvalue weighted by molar-refractivity contribution is -0.161. The molecule has 1 unspecified atom stereocenters. The largest absolute Gasteiger partial charge is 0.480 e. The van der Waals surface area contributed by atoms with Crippen molar-refractivity contribution in [2.75, 3.05) is 6.61 Å². The third-order valence-electron chi connectivity index (χ3n) is 5.10. The number of nitrogens with one attached hydrogen (secondary N) is 2. The molecule has 1 aromatic rings. The molecule has 4 atom stereocenters. The van der Waals surface area contributed by atoms with Crippen LogP contribution in [-0.2, 0) is 19.1 Å². The molecule has 3 rings (SSSR count). The van der Waals surface area contributed by atoms with Crippen molar-refractivity contribution in [2.45, 2.75) is 45.9 Å². The van der Waals surface area contributed by atoms with E-state index in [1.807, 2.05) is 0 Å². The summed E-state index contributed by atoms with van der Waals surface area (Å²) in [4.78, 5) is 51.8. The zero-order chi connectivity index (χ0) is 25.4. The minimum atomic E-state index is -1.86. The molecule has 2 fully saturated rings. The van der Waals surface area contributed by atoms with Gasteiger partial charge in [-0.2, -0.15) is 0 Å². The lowest BCUT2D eigenvalue weighted by Crippen LogP contribution is -2.71. The Balaban J connectivity index is 1.79. The topological polar surface area (TPSA) is 125 Å². The number of alkyl carbamates (subject to hydrolysis) is 1. The van der Waals surface area contributed by atoms with Crippen LogP contribution in [0.2, 0.25) is 0 Å². The van der Waals surface area contributed by atoms with E-state index < -0.39 is 62.5 Å². The fourth-order valence-corrected chi connectivity index (χ4v) is 6.55. The molecule has 0 spiro atoms. The molecular weight excluding hydrogens is 572 g/mol. The smallest absolute Gasteiger partial charge is 0.408 e. The van der Waals surface area contributed by atoms with Crippen LogP contribution in [0.15, 0.2) is 23.0 Å². The summed E-state index contributed by atoms with van der Waals surface area (Å²) in [5.74, 6) is -2.41. The maximum atomic E-state index is 13.2. The van der Waals surface area contributed by atoms with Gasteiger partial charge >= 0.3 is 12.1 Å². The predicted octanol–water partition coefficient (Wildman–Crippen LogP) is 3.42. The van der Waals surface area contributed by atoms with Gasteiger partial charge in [0.05, 0.1) is 0 Å². The minimum Gasteiger partial charge on any atom is -0.480 e. The Hall–Kier alpha value is -1.37. The Bertz CT molecular complexity index is 1010. The van der Waals surface area contributed by atoms with Crippen molar-refractivity contribution in [1.82, 2.24) is 15.5 Å². The molecule has 0 saturated carbocycles. The SMILES string of the molecule is CC1(C)S[C@@H]2[C@@H](NC(=O)C(NC(=O)OCC(Cl)(Cl)Cl)/C(=C\Cl)c3cccs3)C(=O)N2[C@H]1C(=O)O. The van der Waals surface area contributed by atoms with Gasteiger partial charge in [-0.05, 0) is 25.3 Å². The number of aliphatic carboxylic acids is 1. The highest BCUT2D eigenvalue weighted by molar-refractivity contribution is 8.01. The van der Waals surface area contributed by atoms with Crippen molar-refractivity contribution < 1.29 is 29.0 Å². The molecule has 3 heterocycles. The lowest BCUT2D eigenvalue weighted by Gasteiger charge is -2.44. The number of nitrogens with zero attached hydrogens (tertiary/aromatic N) is 1. The standard InChI is InChI=1S/C19H19Cl4N3O6S2/c1-18(2)12(16(29)30)26-14(28)11(15(26)34-18)24-13(27)10(8(6-20)9-4-3-5-33-9)25-17(31)32-7-19(21,22)23/h3-6,10-12,15H,7H2,1-2H3,(H,24,27)(H,25,31)(H,29,30)/b8-6-/t10?,11-,12-,15+/m0/s1. The Morgan fingerprint density at radius 1 is 1.35 bits per heavy atom. The predicted molar refractivity (Wildman–Crippen MR) is 132 cm³/mol. The fourth-order valence-electron chi connectivity index (χ4n) is 3.68. The number of carboxylic acids is 1. The molecule has 9 nitrogen and oxygen atoms in total. The molecular formula is C19H19Cl4N3O6S2. The summed E-state index contributed by atoms with van der Waals surface area (Å²) in [6.07, 6.45) is -1.05. The molecule has 2 aliphatic heterocycles. The van der Waals surface area contributed by atoms with E-state index in [1.165, 1.54) is 28.0 Å². The van der Waals surface area contributed by atoms with Crippen molar-refractivity contribution in [3.05, 3.63) is 27.9 Å². The van der Waals surface area contributed by atoms with Gasteiger partial charge < -0.3 is 25.4 Å². The quantitative estimate of drug-likeness (QED) is 0.328. The summed E-state index contributed by atoms with van der Waals surface area (Å²) < 4.78 is 2.25. The molecule has 3 N–H and O–H groups in total. The zero-order valence-corrected chi connectivity index (χ0v) is 22.2. The van der Waals surface area contributed by atoms with Gasteiger partial charge in [-0.25, -0.2) is 9.59 Å². The van der Waals surface area contributed by atoms with Crippen molar-refractivity contribution in [2.24, 2.45) is 0 Å². The molecule has 186 valence electrons. The summed E-state index contributed by atoms with van der Waals surface area (Å²) in [5, 5.41) is 15.7. The number of carbonyl (C=O) groups excluding carboxylic acids is 3. The van der Waals surface area contributed by atoms with Crippen LogP contribution in [0, 0.1) is 0 Å². The van der Waals surface area contributed by atoms with Gasteiger partial charge in [0, 0.05) is 20.7 Å². The van der Waals surface area contributed by atoms with E-state index in [4.69, 9.17) is 51.1 Å². The monoisotopic (exact) mass is 589 g/mol. The zero-order valence-electron chi connectivity index (χ0n) is 17.6. The number of thiophene rings is 1. The number of rotatable bonds is 7. The highest BCUT2D eigenvalue weighted by Gasteiger charge is 2.64. The van der Waals surface area contributed by atoms with E-state index in [0.717, 1.165) is 5.54 Å². The fraction of sp³-hybridized carbons (Fsp3) is 0.474. The highest BCUT2D eigenvalue weighted by atomic mass is 35.6. The number of ether oxygens (including phenoxy) is 1. The summed E-state index contributed by atoms with van der Waals surface area (Å²) >= 11 is 25.3. The normalized spacial score (nSPS) is 24.6. The van der Waals surface area contributed by atoms with Crippen LogP contribution in [0.25, 0.3) is 5.57 Å². The lowest BCUT2D eigenvalue weighted by atomic mass is 9.95. The van der Waals surface area contributed by atoms with Crippen LogP contribution in [0.4, 0.5) is 4.79 Å². The Kier molecular flexibility index (Phi) is 8.26. The molecule has 0 radical (unpaired) electrons. The van der Waals surface area contributed by atoms with Gasteiger partial charge in [0.15, 0.2) is 0 Å². The number of carbonyl (C=O) groups is 4. The molecule has 2 saturated heterocycles. The van der Waals surface area contributed by atoms with E-state index in [9.17, 15) is 24.3 Å². The maximum absolute atomic E-state index is 13.2. The van der Waals surface area contributed by atoms with Crippen molar-refractivity contribution in [1.29, 1.82) is 0 Å². The first-order valence-corrected chi connectivity index (χ1v) is 13.0. The van der Waals surface area contributed by atoms with Gasteiger partial charge in [0.2, 0.25) is 15.6 Å². The van der Waals surface area contributed by atoms with E-state index in [2.05, 4.69) is 10.6 Å². The number of β-lactam (4-membered cyclic amide) rings is 1. The van der Waals surface area contributed by atoms with Gasteiger partial charge in [0.25, 0.3) is 0 Å². The summed E-state index contributed by atoms with van der Waals surface area (Å²) in [5.41, 5.74) is 1.38. The second-order valence-corrected chi connectivity index (χ2v) is 13.3. The second kappa shape index (κ2) is 10.3. The van der Waals surface area contributed by atoms with Crippen molar-refractivity contribution >= 4 is 99.0 Å². The van der Waals surface area contributed by atoms with E-state index in [1.54, 1.807) is 31.4 Å². The first-order valence-electron chi connectivity index (χ1n) is 9.64. The number of hydrogen-bond acceptors (Lipinski definition) is 7. The Morgan fingerprint density at radius 3 is 2.56 bits per heavy atom. The Labute approximate surface area is 223 Å². The summed E-state index contributed by atoms with van der Waals surface area (Å²) in [6.45, 7) is 2.87. The Morgan fingerprint density at radius 2 is 2.03 bits per heavy atom. The van der Waals surface area contributed by atoms with Crippen LogP contribution in [0.1, 0.15) is 18.7 Å². The van der Waals surface area contributed by atoms with Crippen LogP contribution in [0.3, 0.4) is 0 Å². The first-order chi connectivity index (χ1) is 15.8. The molecule has 2 aliphatic rings. The number of carboxylic acid groups (broad SMARTS) is 1. The summed E-state index contributed by atoms with van der Waals surface area (Å²) in [7, 11) is 0. The number of halogens is 4. The number of thioether (sulfide) groups is 1. The number of amides is 3. The average Bonchev–Trinajstić information content (AvgIpc) is 3.34. The molecule has 0 aliphatic carbocycles. The number of hydrogen-bond donors (Lipinski definition) is 3. The second-order valence-electron chi connectivity index (χ2n) is 7.89. The molecule has 1 aromatic heterocycles. The molecule has 3 amide bonds.